The lowest BCUT2D eigenvalue weighted by Crippen LogP contribution is -2.18. The molecule has 0 heterocycles. The normalized spacial score (nSPS) is 11.6. The van der Waals surface area contributed by atoms with E-state index in [1.54, 1.807) is 11.8 Å². The van der Waals surface area contributed by atoms with E-state index in [0.29, 0.717) is 11.9 Å². The molecule has 0 spiro atoms. The van der Waals surface area contributed by atoms with Gasteiger partial charge in [0.15, 0.2) is 0 Å². The maximum atomic E-state index is 5.78. The summed E-state index contributed by atoms with van der Waals surface area (Å²) in [6, 6.07) is 16.9. The van der Waals surface area contributed by atoms with Crippen molar-refractivity contribution in [3.8, 4) is 11.5 Å². The van der Waals surface area contributed by atoms with Crippen LogP contribution >= 0.6 is 11.8 Å². The first-order valence-corrected chi connectivity index (χ1v) is 9.78. The molecule has 0 aliphatic heterocycles. The lowest BCUT2D eigenvalue weighted by Gasteiger charge is -2.26. The molecule has 0 fully saturated rings. The second kappa shape index (κ2) is 8.48. The Morgan fingerprint density at radius 1 is 0.833 bits per heavy atom. The van der Waals surface area contributed by atoms with Gasteiger partial charge in [0.05, 0.1) is 6.61 Å². The van der Waals surface area contributed by atoms with Crippen molar-refractivity contribution >= 4 is 11.8 Å². The lowest BCUT2D eigenvalue weighted by atomic mass is 9.78. The van der Waals surface area contributed by atoms with Gasteiger partial charge >= 0.3 is 0 Å². The van der Waals surface area contributed by atoms with Gasteiger partial charge in [-0.3, -0.25) is 0 Å². The van der Waals surface area contributed by atoms with Crippen molar-refractivity contribution in [2.75, 3.05) is 18.8 Å². The second-order valence-electron chi connectivity index (χ2n) is 6.93. The largest absolute Gasteiger partial charge is 0.493 e. The van der Waals surface area contributed by atoms with Crippen LogP contribution in [0.15, 0.2) is 48.5 Å². The SMILES string of the molecule is CSCOc1ccc(C(C)(C)c2ccc(OCC(C)C)cc2)cc1. The van der Waals surface area contributed by atoms with E-state index < -0.39 is 0 Å². The smallest absolute Gasteiger partial charge is 0.133 e. The molecule has 24 heavy (non-hydrogen) atoms. The van der Waals surface area contributed by atoms with Gasteiger partial charge in [0.1, 0.15) is 17.4 Å². The van der Waals surface area contributed by atoms with Crippen LogP contribution in [0.1, 0.15) is 38.8 Å². The van der Waals surface area contributed by atoms with Crippen molar-refractivity contribution < 1.29 is 9.47 Å². The minimum atomic E-state index is -0.0609. The molecule has 2 aromatic carbocycles. The highest BCUT2D eigenvalue weighted by atomic mass is 32.2. The number of rotatable bonds is 8. The van der Waals surface area contributed by atoms with E-state index >= 15 is 0 Å². The summed E-state index contributed by atoms with van der Waals surface area (Å²) in [7, 11) is 0. The Morgan fingerprint density at radius 3 is 1.71 bits per heavy atom. The Morgan fingerprint density at radius 2 is 1.29 bits per heavy atom. The van der Waals surface area contributed by atoms with E-state index in [-0.39, 0.29) is 5.41 Å². The van der Waals surface area contributed by atoms with E-state index in [0.717, 1.165) is 18.1 Å². The predicted molar refractivity (Wildman–Crippen MR) is 104 cm³/mol. The van der Waals surface area contributed by atoms with Crippen molar-refractivity contribution in [2.24, 2.45) is 5.92 Å². The zero-order chi connectivity index (χ0) is 17.6. The minimum Gasteiger partial charge on any atom is -0.493 e. The Bertz CT molecular complexity index is 615. The number of hydrogen-bond donors (Lipinski definition) is 0. The van der Waals surface area contributed by atoms with Crippen LogP contribution in [0.25, 0.3) is 0 Å². The predicted octanol–water partition coefficient (Wildman–Crippen LogP) is 5.75. The summed E-state index contributed by atoms with van der Waals surface area (Å²) in [5.74, 6) is 3.07. The molecule has 0 aliphatic carbocycles. The fourth-order valence-corrected chi connectivity index (χ4v) is 2.75. The molecule has 0 radical (unpaired) electrons. The fraction of sp³-hybridized carbons (Fsp3) is 0.429. The molecule has 2 aromatic rings. The Kier molecular flexibility index (Phi) is 6.61. The monoisotopic (exact) mass is 344 g/mol. The van der Waals surface area contributed by atoms with E-state index in [4.69, 9.17) is 9.47 Å². The average molecular weight is 345 g/mol. The van der Waals surface area contributed by atoms with Crippen LogP contribution in [-0.4, -0.2) is 18.8 Å². The molecule has 0 aromatic heterocycles. The summed E-state index contributed by atoms with van der Waals surface area (Å²) in [6.45, 7) is 9.55. The van der Waals surface area contributed by atoms with Gasteiger partial charge in [-0.2, -0.15) is 0 Å². The molecular formula is C21H28O2S. The second-order valence-corrected chi connectivity index (χ2v) is 7.74. The van der Waals surface area contributed by atoms with Crippen molar-refractivity contribution in [2.45, 2.75) is 33.1 Å². The van der Waals surface area contributed by atoms with Gasteiger partial charge in [-0.1, -0.05) is 52.0 Å². The Balaban J connectivity index is 2.11. The quantitative estimate of drug-likeness (QED) is 0.568. The number of thioether (sulfide) groups is 1. The van der Waals surface area contributed by atoms with E-state index in [1.807, 2.05) is 18.4 Å². The summed E-state index contributed by atoms with van der Waals surface area (Å²) < 4.78 is 11.4. The van der Waals surface area contributed by atoms with Gasteiger partial charge in [-0.15, -0.1) is 11.8 Å². The van der Waals surface area contributed by atoms with Crippen molar-refractivity contribution in [1.29, 1.82) is 0 Å². The Hall–Kier alpha value is -1.61. The maximum absolute atomic E-state index is 5.78. The zero-order valence-electron chi connectivity index (χ0n) is 15.3. The number of hydrogen-bond acceptors (Lipinski definition) is 3. The van der Waals surface area contributed by atoms with Crippen LogP contribution in [-0.2, 0) is 5.41 Å². The average Bonchev–Trinajstić information content (AvgIpc) is 2.59. The lowest BCUT2D eigenvalue weighted by molar-refractivity contribution is 0.271. The third-order valence-electron chi connectivity index (χ3n) is 4.08. The van der Waals surface area contributed by atoms with Gasteiger partial charge in [-0.05, 0) is 47.6 Å². The van der Waals surface area contributed by atoms with E-state index in [2.05, 4.69) is 64.1 Å². The molecule has 3 heteroatoms. The van der Waals surface area contributed by atoms with Crippen LogP contribution in [0.2, 0.25) is 0 Å². The van der Waals surface area contributed by atoms with E-state index in [9.17, 15) is 0 Å². The number of ether oxygens (including phenoxy) is 2. The summed E-state index contributed by atoms with van der Waals surface area (Å²) in [5, 5.41) is 0. The molecule has 0 amide bonds. The number of benzene rings is 2. The van der Waals surface area contributed by atoms with Crippen LogP contribution in [0.4, 0.5) is 0 Å². The summed E-state index contributed by atoms with van der Waals surface area (Å²) in [5.41, 5.74) is 2.49. The van der Waals surface area contributed by atoms with Crippen LogP contribution in [0, 0.1) is 5.92 Å². The molecule has 2 rings (SSSR count). The summed E-state index contributed by atoms with van der Waals surface area (Å²) in [4.78, 5) is 0. The van der Waals surface area contributed by atoms with Gasteiger partial charge in [0, 0.05) is 5.41 Å². The van der Waals surface area contributed by atoms with Gasteiger partial charge in [0.25, 0.3) is 0 Å². The van der Waals surface area contributed by atoms with Crippen LogP contribution in [0.5, 0.6) is 11.5 Å². The molecular weight excluding hydrogens is 316 g/mol. The first kappa shape index (κ1) is 18.7. The van der Waals surface area contributed by atoms with Gasteiger partial charge in [-0.25, -0.2) is 0 Å². The van der Waals surface area contributed by atoms with Crippen molar-refractivity contribution in [3.63, 3.8) is 0 Å². The molecule has 130 valence electrons. The molecule has 0 atom stereocenters. The molecule has 0 saturated carbocycles. The van der Waals surface area contributed by atoms with E-state index in [1.165, 1.54) is 11.1 Å². The topological polar surface area (TPSA) is 18.5 Å². The molecule has 0 saturated heterocycles. The van der Waals surface area contributed by atoms with Crippen LogP contribution < -0.4 is 9.47 Å². The standard InChI is InChI=1S/C21H28O2S/c1-16(2)14-22-19-10-6-17(7-11-19)21(3,4)18-8-12-20(13-9-18)23-15-24-5/h6-13,16H,14-15H2,1-5H3. The molecule has 0 bridgehead atoms. The minimum absolute atomic E-state index is 0.0609. The molecule has 0 N–H and O–H groups in total. The molecule has 0 unspecified atom stereocenters. The zero-order valence-corrected chi connectivity index (χ0v) is 16.2. The first-order chi connectivity index (χ1) is 11.4. The Labute approximate surface area is 150 Å². The fourth-order valence-electron chi connectivity index (χ4n) is 2.49. The molecule has 2 nitrogen and oxygen atoms in total. The van der Waals surface area contributed by atoms with Crippen molar-refractivity contribution in [3.05, 3.63) is 59.7 Å². The maximum Gasteiger partial charge on any atom is 0.133 e. The summed E-state index contributed by atoms with van der Waals surface area (Å²) in [6.07, 6.45) is 2.03. The molecule has 0 aliphatic rings. The first-order valence-electron chi connectivity index (χ1n) is 8.39. The van der Waals surface area contributed by atoms with Gasteiger partial charge in [0.2, 0.25) is 0 Å². The summed E-state index contributed by atoms with van der Waals surface area (Å²) >= 11 is 1.68. The third kappa shape index (κ3) is 4.94. The highest BCUT2D eigenvalue weighted by Gasteiger charge is 2.23. The van der Waals surface area contributed by atoms with Gasteiger partial charge < -0.3 is 9.47 Å². The van der Waals surface area contributed by atoms with Crippen molar-refractivity contribution in [1.82, 2.24) is 0 Å². The van der Waals surface area contributed by atoms with Crippen LogP contribution in [0.3, 0.4) is 0 Å². The highest BCUT2D eigenvalue weighted by Crippen LogP contribution is 2.33. The highest BCUT2D eigenvalue weighted by molar-refractivity contribution is 7.98. The third-order valence-corrected chi connectivity index (χ3v) is 4.43.